The highest BCUT2D eigenvalue weighted by Crippen LogP contribution is 2.30. The van der Waals surface area contributed by atoms with Crippen molar-refractivity contribution in [2.45, 2.75) is 35.9 Å². The van der Waals surface area contributed by atoms with Gasteiger partial charge in [0.25, 0.3) is 5.56 Å². The van der Waals surface area contributed by atoms with Crippen LogP contribution in [0.4, 0.5) is 4.39 Å². The number of benzene rings is 1. The number of halogens is 1. The highest BCUT2D eigenvalue weighted by molar-refractivity contribution is 7.99. The van der Waals surface area contributed by atoms with E-state index in [1.165, 1.54) is 18.3 Å². The standard InChI is InChI=1S/C14H16FN3OS/c1-2-10(16)8-9-4-3-5-11(15)13(9)20-14-17-7-6-12(19)18-14/h3-7,10H,2,8,16H2,1H3,(H,17,18,19). The summed E-state index contributed by atoms with van der Waals surface area (Å²) in [5.74, 6) is -0.331. The van der Waals surface area contributed by atoms with Crippen LogP contribution in [0, 0.1) is 5.82 Å². The molecule has 0 aliphatic rings. The number of rotatable bonds is 5. The first kappa shape index (κ1) is 14.7. The van der Waals surface area contributed by atoms with Crippen molar-refractivity contribution < 1.29 is 4.39 Å². The second-order valence-electron chi connectivity index (χ2n) is 4.44. The van der Waals surface area contributed by atoms with Crippen LogP contribution in [0.2, 0.25) is 0 Å². The lowest BCUT2D eigenvalue weighted by Gasteiger charge is -2.13. The SMILES string of the molecule is CCC(N)Cc1cccc(F)c1Sc1nccc(=O)[nH]1. The van der Waals surface area contributed by atoms with Crippen molar-refractivity contribution in [3.05, 3.63) is 52.2 Å². The third-order valence-corrected chi connectivity index (χ3v) is 3.96. The molecule has 0 amide bonds. The van der Waals surface area contributed by atoms with Crippen molar-refractivity contribution in [3.63, 3.8) is 0 Å². The normalized spacial score (nSPS) is 12.3. The van der Waals surface area contributed by atoms with E-state index >= 15 is 0 Å². The number of hydrogen-bond acceptors (Lipinski definition) is 4. The monoisotopic (exact) mass is 293 g/mol. The Morgan fingerprint density at radius 3 is 2.95 bits per heavy atom. The minimum Gasteiger partial charge on any atom is -0.327 e. The van der Waals surface area contributed by atoms with Crippen LogP contribution in [-0.4, -0.2) is 16.0 Å². The van der Waals surface area contributed by atoms with Gasteiger partial charge in [0.15, 0.2) is 5.16 Å². The largest absolute Gasteiger partial charge is 0.327 e. The van der Waals surface area contributed by atoms with Gasteiger partial charge in [-0.15, -0.1) is 0 Å². The third-order valence-electron chi connectivity index (χ3n) is 2.90. The Labute approximate surface area is 120 Å². The molecule has 1 aromatic heterocycles. The lowest BCUT2D eigenvalue weighted by Crippen LogP contribution is -2.21. The Kier molecular flexibility index (Phi) is 4.92. The van der Waals surface area contributed by atoms with Crippen molar-refractivity contribution in [3.8, 4) is 0 Å². The summed E-state index contributed by atoms with van der Waals surface area (Å²) in [5.41, 5.74) is 6.51. The molecule has 1 heterocycles. The first-order valence-electron chi connectivity index (χ1n) is 6.36. The molecule has 6 heteroatoms. The second-order valence-corrected chi connectivity index (χ2v) is 5.44. The van der Waals surface area contributed by atoms with Crippen LogP contribution in [0.25, 0.3) is 0 Å². The van der Waals surface area contributed by atoms with Gasteiger partial charge >= 0.3 is 0 Å². The van der Waals surface area contributed by atoms with E-state index in [0.717, 1.165) is 23.7 Å². The Hall–Kier alpha value is -1.66. The molecule has 0 radical (unpaired) electrons. The van der Waals surface area contributed by atoms with Crippen LogP contribution >= 0.6 is 11.8 Å². The van der Waals surface area contributed by atoms with E-state index in [0.29, 0.717) is 16.5 Å². The van der Waals surface area contributed by atoms with E-state index in [-0.39, 0.29) is 17.4 Å². The number of nitrogens with zero attached hydrogens (tertiary/aromatic N) is 1. The number of nitrogens with one attached hydrogen (secondary N) is 1. The van der Waals surface area contributed by atoms with E-state index in [2.05, 4.69) is 9.97 Å². The molecule has 1 unspecified atom stereocenters. The third kappa shape index (κ3) is 3.68. The van der Waals surface area contributed by atoms with Gasteiger partial charge in [-0.1, -0.05) is 19.1 Å². The summed E-state index contributed by atoms with van der Waals surface area (Å²) in [6.07, 6.45) is 2.81. The van der Waals surface area contributed by atoms with Crippen LogP contribution in [0.5, 0.6) is 0 Å². The fourth-order valence-corrected chi connectivity index (χ4v) is 2.66. The zero-order chi connectivity index (χ0) is 14.5. The van der Waals surface area contributed by atoms with Gasteiger partial charge in [-0.3, -0.25) is 4.79 Å². The molecular weight excluding hydrogens is 277 g/mol. The van der Waals surface area contributed by atoms with Crippen LogP contribution in [0.1, 0.15) is 18.9 Å². The number of H-pyrrole nitrogens is 1. The molecule has 0 saturated heterocycles. The lowest BCUT2D eigenvalue weighted by molar-refractivity contribution is 0.585. The average molecular weight is 293 g/mol. The summed E-state index contributed by atoms with van der Waals surface area (Å²) in [4.78, 5) is 18.3. The van der Waals surface area contributed by atoms with Crippen LogP contribution in [0.3, 0.4) is 0 Å². The average Bonchev–Trinajstić information content (AvgIpc) is 2.42. The summed E-state index contributed by atoms with van der Waals surface area (Å²) in [5, 5.41) is 0.369. The first-order valence-corrected chi connectivity index (χ1v) is 7.18. The maximum absolute atomic E-state index is 14.0. The van der Waals surface area contributed by atoms with Gasteiger partial charge in [0, 0.05) is 18.3 Å². The summed E-state index contributed by atoms with van der Waals surface area (Å²) in [6, 6.07) is 6.21. The van der Waals surface area contributed by atoms with Crippen molar-refractivity contribution in [2.75, 3.05) is 0 Å². The molecule has 2 rings (SSSR count). The van der Waals surface area contributed by atoms with E-state index < -0.39 is 0 Å². The molecule has 1 aromatic carbocycles. The molecule has 106 valence electrons. The summed E-state index contributed by atoms with van der Waals surface area (Å²) in [6.45, 7) is 1.99. The molecular formula is C14H16FN3OS. The van der Waals surface area contributed by atoms with Crippen molar-refractivity contribution in [2.24, 2.45) is 5.73 Å². The van der Waals surface area contributed by atoms with Crippen LogP contribution < -0.4 is 11.3 Å². The smallest absolute Gasteiger partial charge is 0.251 e. The number of nitrogens with two attached hydrogens (primary N) is 1. The zero-order valence-electron chi connectivity index (χ0n) is 11.1. The predicted octanol–water partition coefficient (Wildman–Crippen LogP) is 2.34. The molecule has 0 fully saturated rings. The van der Waals surface area contributed by atoms with Gasteiger partial charge in [0.1, 0.15) is 5.82 Å². The summed E-state index contributed by atoms with van der Waals surface area (Å²) in [7, 11) is 0. The van der Waals surface area contributed by atoms with Gasteiger partial charge in [-0.25, -0.2) is 9.37 Å². The topological polar surface area (TPSA) is 71.8 Å². The van der Waals surface area contributed by atoms with Crippen LogP contribution in [-0.2, 0) is 6.42 Å². The van der Waals surface area contributed by atoms with Crippen molar-refractivity contribution in [1.29, 1.82) is 0 Å². The number of aromatic nitrogens is 2. The van der Waals surface area contributed by atoms with Crippen molar-refractivity contribution >= 4 is 11.8 Å². The van der Waals surface area contributed by atoms with Crippen molar-refractivity contribution in [1.82, 2.24) is 9.97 Å². The molecule has 0 aliphatic carbocycles. The molecule has 1 atom stereocenters. The molecule has 20 heavy (non-hydrogen) atoms. The predicted molar refractivity (Wildman–Crippen MR) is 77.4 cm³/mol. The van der Waals surface area contributed by atoms with Gasteiger partial charge in [-0.05, 0) is 36.2 Å². The Bertz CT molecular complexity index is 644. The van der Waals surface area contributed by atoms with Gasteiger partial charge in [-0.2, -0.15) is 0 Å². The summed E-state index contributed by atoms with van der Waals surface area (Å²) < 4.78 is 14.0. The Morgan fingerprint density at radius 2 is 2.25 bits per heavy atom. The highest BCUT2D eigenvalue weighted by atomic mass is 32.2. The Balaban J connectivity index is 2.32. The molecule has 0 saturated carbocycles. The van der Waals surface area contributed by atoms with Gasteiger partial charge < -0.3 is 10.7 Å². The molecule has 2 aromatic rings. The highest BCUT2D eigenvalue weighted by Gasteiger charge is 2.13. The fraction of sp³-hybridized carbons (Fsp3) is 0.286. The Morgan fingerprint density at radius 1 is 1.45 bits per heavy atom. The first-order chi connectivity index (χ1) is 9.60. The maximum atomic E-state index is 14.0. The molecule has 0 aliphatic heterocycles. The number of aromatic amines is 1. The van der Waals surface area contributed by atoms with E-state index in [1.54, 1.807) is 6.07 Å². The summed E-state index contributed by atoms with van der Waals surface area (Å²) >= 11 is 1.11. The van der Waals surface area contributed by atoms with Gasteiger partial charge in [0.2, 0.25) is 0 Å². The second kappa shape index (κ2) is 6.67. The molecule has 3 N–H and O–H groups in total. The van der Waals surface area contributed by atoms with Crippen LogP contribution in [0.15, 0.2) is 45.3 Å². The molecule has 4 nitrogen and oxygen atoms in total. The van der Waals surface area contributed by atoms with E-state index in [4.69, 9.17) is 5.73 Å². The van der Waals surface area contributed by atoms with E-state index in [9.17, 15) is 9.18 Å². The van der Waals surface area contributed by atoms with E-state index in [1.807, 2.05) is 13.0 Å². The lowest BCUT2D eigenvalue weighted by atomic mass is 10.0. The minimum atomic E-state index is -0.331. The zero-order valence-corrected chi connectivity index (χ0v) is 11.9. The number of hydrogen-bond donors (Lipinski definition) is 2. The quantitative estimate of drug-likeness (QED) is 0.830. The maximum Gasteiger partial charge on any atom is 0.251 e. The molecule has 0 bridgehead atoms. The van der Waals surface area contributed by atoms with Gasteiger partial charge in [0.05, 0.1) is 4.90 Å². The fourth-order valence-electron chi connectivity index (χ4n) is 1.76. The molecule has 0 spiro atoms. The minimum absolute atomic E-state index is 0.0149.